The summed E-state index contributed by atoms with van der Waals surface area (Å²) in [5.74, 6) is -0.384. The number of carbonyl (C=O) groups excluding carboxylic acids is 1. The van der Waals surface area contributed by atoms with Crippen LogP contribution in [-0.4, -0.2) is 18.5 Å². The summed E-state index contributed by atoms with van der Waals surface area (Å²) in [7, 11) is 0. The van der Waals surface area contributed by atoms with E-state index in [1.165, 1.54) is 25.0 Å². The van der Waals surface area contributed by atoms with Crippen molar-refractivity contribution in [1.29, 1.82) is 0 Å². The molecule has 0 aliphatic heterocycles. The van der Waals surface area contributed by atoms with Gasteiger partial charge in [0.15, 0.2) is 0 Å². The van der Waals surface area contributed by atoms with Crippen LogP contribution in [0, 0.1) is 11.2 Å². The number of amides is 1. The second-order valence-electron chi connectivity index (χ2n) is 6.39. The topological polar surface area (TPSA) is 41.1 Å². The molecule has 0 spiro atoms. The van der Waals surface area contributed by atoms with Crippen molar-refractivity contribution >= 4 is 11.6 Å². The van der Waals surface area contributed by atoms with E-state index in [0.717, 1.165) is 12.8 Å². The lowest BCUT2D eigenvalue weighted by Crippen LogP contribution is -2.41. The molecule has 2 N–H and O–H groups in total. The number of rotatable bonds is 4. The molecule has 3 nitrogen and oxygen atoms in total. The molecule has 1 unspecified atom stereocenters. The molecule has 20 heavy (non-hydrogen) atoms. The number of hydrogen-bond donors (Lipinski definition) is 2. The van der Waals surface area contributed by atoms with Gasteiger partial charge in [-0.15, -0.1) is 0 Å². The van der Waals surface area contributed by atoms with E-state index in [1.54, 1.807) is 12.1 Å². The van der Waals surface area contributed by atoms with Crippen molar-refractivity contribution in [2.45, 2.75) is 45.6 Å². The zero-order valence-corrected chi connectivity index (χ0v) is 12.2. The SMILES string of the molecule is CC1(C)CCCC(NCC(=O)Nc2ccc(F)cc2)C1. The maximum absolute atomic E-state index is 12.8. The number of carbonyl (C=O) groups is 1. The number of benzene rings is 1. The minimum Gasteiger partial charge on any atom is -0.325 e. The molecule has 1 saturated carbocycles. The van der Waals surface area contributed by atoms with E-state index in [2.05, 4.69) is 24.5 Å². The van der Waals surface area contributed by atoms with Crippen molar-refractivity contribution < 1.29 is 9.18 Å². The Morgan fingerprint density at radius 3 is 2.70 bits per heavy atom. The van der Waals surface area contributed by atoms with Crippen LogP contribution in [0.25, 0.3) is 0 Å². The van der Waals surface area contributed by atoms with Crippen molar-refractivity contribution in [3.63, 3.8) is 0 Å². The Labute approximate surface area is 120 Å². The fourth-order valence-electron chi connectivity index (χ4n) is 2.85. The molecule has 0 radical (unpaired) electrons. The zero-order chi connectivity index (χ0) is 14.6. The summed E-state index contributed by atoms with van der Waals surface area (Å²) >= 11 is 0. The molecule has 0 heterocycles. The molecular formula is C16H23FN2O. The third-order valence-electron chi connectivity index (χ3n) is 3.88. The number of anilines is 1. The molecule has 1 atom stereocenters. The largest absolute Gasteiger partial charge is 0.325 e. The van der Waals surface area contributed by atoms with E-state index in [4.69, 9.17) is 0 Å². The number of halogens is 1. The van der Waals surface area contributed by atoms with Gasteiger partial charge < -0.3 is 10.6 Å². The van der Waals surface area contributed by atoms with Crippen molar-refractivity contribution in [3.05, 3.63) is 30.1 Å². The third-order valence-corrected chi connectivity index (χ3v) is 3.88. The van der Waals surface area contributed by atoms with E-state index in [-0.39, 0.29) is 11.7 Å². The molecule has 1 aromatic carbocycles. The Bertz CT molecular complexity index is 456. The van der Waals surface area contributed by atoms with Crippen LogP contribution >= 0.6 is 0 Å². The number of hydrogen-bond acceptors (Lipinski definition) is 2. The first-order valence-corrected chi connectivity index (χ1v) is 7.23. The molecule has 2 rings (SSSR count). The highest BCUT2D eigenvalue weighted by atomic mass is 19.1. The third kappa shape index (κ3) is 4.60. The predicted molar refractivity (Wildman–Crippen MR) is 79.1 cm³/mol. The standard InChI is InChI=1S/C16H23FN2O/c1-16(2)9-3-4-14(10-16)18-11-15(20)19-13-7-5-12(17)6-8-13/h5-8,14,18H,3-4,9-11H2,1-2H3,(H,19,20). The van der Waals surface area contributed by atoms with Gasteiger partial charge in [-0.2, -0.15) is 0 Å². The minimum atomic E-state index is -0.300. The lowest BCUT2D eigenvalue weighted by atomic mass is 9.75. The van der Waals surface area contributed by atoms with Crippen molar-refractivity contribution in [2.75, 3.05) is 11.9 Å². The average molecular weight is 278 g/mol. The summed E-state index contributed by atoms with van der Waals surface area (Å²) in [6, 6.07) is 6.23. The van der Waals surface area contributed by atoms with Crippen LogP contribution in [0.2, 0.25) is 0 Å². The quantitative estimate of drug-likeness (QED) is 0.887. The molecule has 110 valence electrons. The highest BCUT2D eigenvalue weighted by Gasteiger charge is 2.27. The lowest BCUT2D eigenvalue weighted by molar-refractivity contribution is -0.115. The van der Waals surface area contributed by atoms with Gasteiger partial charge in [0.1, 0.15) is 5.82 Å². The molecule has 0 saturated heterocycles. The van der Waals surface area contributed by atoms with Crippen LogP contribution in [0.4, 0.5) is 10.1 Å². The van der Waals surface area contributed by atoms with Crippen molar-refractivity contribution in [2.24, 2.45) is 5.41 Å². The molecule has 1 fully saturated rings. The van der Waals surface area contributed by atoms with Crippen LogP contribution in [0.5, 0.6) is 0 Å². The van der Waals surface area contributed by atoms with Gasteiger partial charge in [-0.25, -0.2) is 4.39 Å². The summed E-state index contributed by atoms with van der Waals surface area (Å²) in [5.41, 5.74) is 0.991. The Morgan fingerprint density at radius 2 is 2.05 bits per heavy atom. The van der Waals surface area contributed by atoms with Crippen LogP contribution < -0.4 is 10.6 Å². The Balaban J connectivity index is 1.76. The number of nitrogens with one attached hydrogen (secondary N) is 2. The van der Waals surface area contributed by atoms with Crippen LogP contribution in [0.15, 0.2) is 24.3 Å². The first-order valence-electron chi connectivity index (χ1n) is 7.23. The normalized spacial score (nSPS) is 21.4. The Morgan fingerprint density at radius 1 is 1.35 bits per heavy atom. The smallest absolute Gasteiger partial charge is 0.238 e. The predicted octanol–water partition coefficient (Wildman–Crippen LogP) is 3.32. The summed E-state index contributed by atoms with van der Waals surface area (Å²) in [4.78, 5) is 11.8. The molecule has 4 heteroatoms. The van der Waals surface area contributed by atoms with E-state index < -0.39 is 0 Å². The maximum Gasteiger partial charge on any atom is 0.238 e. The second-order valence-corrected chi connectivity index (χ2v) is 6.39. The van der Waals surface area contributed by atoms with Crippen molar-refractivity contribution in [1.82, 2.24) is 5.32 Å². The van der Waals surface area contributed by atoms with E-state index in [1.807, 2.05) is 0 Å². The Hall–Kier alpha value is -1.42. The molecule has 1 aliphatic carbocycles. The monoisotopic (exact) mass is 278 g/mol. The fourth-order valence-corrected chi connectivity index (χ4v) is 2.85. The first-order chi connectivity index (χ1) is 9.44. The van der Waals surface area contributed by atoms with E-state index in [9.17, 15) is 9.18 Å². The van der Waals surface area contributed by atoms with Gasteiger partial charge in [0.2, 0.25) is 5.91 Å². The molecule has 1 amide bonds. The summed E-state index contributed by atoms with van der Waals surface area (Å²) in [5, 5.41) is 6.08. The van der Waals surface area contributed by atoms with Gasteiger partial charge >= 0.3 is 0 Å². The van der Waals surface area contributed by atoms with Gasteiger partial charge in [0, 0.05) is 11.7 Å². The first kappa shape index (κ1) is 15.0. The Kier molecular flexibility index (Phi) is 4.76. The second kappa shape index (κ2) is 6.35. The van der Waals surface area contributed by atoms with Gasteiger partial charge in [0.05, 0.1) is 6.54 Å². The lowest BCUT2D eigenvalue weighted by Gasteiger charge is -2.35. The summed E-state index contributed by atoms with van der Waals surface area (Å²) in [6.45, 7) is 4.86. The summed E-state index contributed by atoms with van der Waals surface area (Å²) < 4.78 is 12.8. The van der Waals surface area contributed by atoms with Crippen LogP contribution in [0.1, 0.15) is 39.5 Å². The molecule has 0 bridgehead atoms. The van der Waals surface area contributed by atoms with Crippen LogP contribution in [0.3, 0.4) is 0 Å². The van der Waals surface area contributed by atoms with Gasteiger partial charge in [0.25, 0.3) is 0 Å². The molecule has 1 aromatic rings. The van der Waals surface area contributed by atoms with Gasteiger partial charge in [-0.05, 0) is 48.9 Å². The molecule has 1 aliphatic rings. The highest BCUT2D eigenvalue weighted by Crippen LogP contribution is 2.34. The highest BCUT2D eigenvalue weighted by molar-refractivity contribution is 5.92. The van der Waals surface area contributed by atoms with E-state index in [0.29, 0.717) is 23.7 Å². The molecule has 0 aromatic heterocycles. The van der Waals surface area contributed by atoms with E-state index >= 15 is 0 Å². The minimum absolute atomic E-state index is 0.0833. The summed E-state index contributed by atoms with van der Waals surface area (Å²) in [6.07, 6.45) is 4.71. The fraction of sp³-hybridized carbons (Fsp3) is 0.562. The average Bonchev–Trinajstić information content (AvgIpc) is 2.38. The van der Waals surface area contributed by atoms with Gasteiger partial charge in [-0.3, -0.25) is 4.79 Å². The van der Waals surface area contributed by atoms with Crippen LogP contribution in [-0.2, 0) is 4.79 Å². The zero-order valence-electron chi connectivity index (χ0n) is 12.2. The molecular weight excluding hydrogens is 255 g/mol. The maximum atomic E-state index is 12.8. The van der Waals surface area contributed by atoms with Crippen molar-refractivity contribution in [3.8, 4) is 0 Å². The van der Waals surface area contributed by atoms with Gasteiger partial charge in [-0.1, -0.05) is 20.3 Å².